The third-order valence-corrected chi connectivity index (χ3v) is 1.71. The zero-order valence-corrected chi connectivity index (χ0v) is 6.24. The lowest BCUT2D eigenvalue weighted by atomic mass is 10.1. The molecule has 1 heterocycles. The molecule has 0 fully saturated rings. The lowest BCUT2D eigenvalue weighted by Crippen LogP contribution is -2.10. The highest BCUT2D eigenvalue weighted by molar-refractivity contribution is 5.93. The van der Waals surface area contributed by atoms with Gasteiger partial charge in [0.25, 0.3) is 0 Å². The van der Waals surface area contributed by atoms with E-state index in [4.69, 9.17) is 15.5 Å². The van der Waals surface area contributed by atoms with Crippen molar-refractivity contribution in [1.82, 2.24) is 0 Å². The molecule has 62 valence electrons. The van der Waals surface area contributed by atoms with Crippen LogP contribution in [0.2, 0.25) is 0 Å². The highest BCUT2D eigenvalue weighted by atomic mass is 17.2. The summed E-state index contributed by atoms with van der Waals surface area (Å²) in [6.07, 6.45) is 0. The Balaban J connectivity index is 2.45. The minimum absolute atomic E-state index is 0.371. The van der Waals surface area contributed by atoms with Crippen molar-refractivity contribution < 1.29 is 14.6 Å². The van der Waals surface area contributed by atoms with Crippen molar-refractivity contribution in [3.63, 3.8) is 0 Å². The first-order valence-electron chi connectivity index (χ1n) is 3.49. The summed E-state index contributed by atoms with van der Waals surface area (Å²) >= 11 is 0. The van der Waals surface area contributed by atoms with Crippen LogP contribution in [0.25, 0.3) is 0 Å². The molecule has 4 heteroatoms. The van der Waals surface area contributed by atoms with Gasteiger partial charge in [0.2, 0.25) is 5.91 Å². The Bertz CT molecular complexity index is 335. The second-order valence-electron chi connectivity index (χ2n) is 2.53. The van der Waals surface area contributed by atoms with Crippen LogP contribution in [-0.2, 0) is 11.5 Å². The Hall–Kier alpha value is -1.55. The summed E-state index contributed by atoms with van der Waals surface area (Å²) in [5, 5.41) is 0. The molecule has 0 spiro atoms. The molecule has 12 heavy (non-hydrogen) atoms. The van der Waals surface area contributed by atoms with Gasteiger partial charge in [-0.05, 0) is 18.2 Å². The van der Waals surface area contributed by atoms with E-state index in [9.17, 15) is 4.79 Å². The number of carbonyl (C=O) groups excluding carboxylic acids is 1. The third-order valence-electron chi connectivity index (χ3n) is 1.71. The smallest absolute Gasteiger partial charge is 0.248 e. The van der Waals surface area contributed by atoms with E-state index in [0.717, 1.165) is 5.56 Å². The first kappa shape index (κ1) is 7.12. The van der Waals surface area contributed by atoms with E-state index in [2.05, 4.69) is 0 Å². The number of benzene rings is 1. The summed E-state index contributed by atoms with van der Waals surface area (Å²) in [5.74, 6) is 0.213. The topological polar surface area (TPSA) is 61.6 Å². The second kappa shape index (κ2) is 2.49. The molecular formula is C8H7NO3. The average molecular weight is 165 g/mol. The number of hydrogen-bond donors (Lipinski definition) is 1. The average Bonchev–Trinajstić information content (AvgIpc) is 2.49. The van der Waals surface area contributed by atoms with E-state index in [1.807, 2.05) is 0 Å². The molecule has 1 aromatic rings. The van der Waals surface area contributed by atoms with Crippen LogP contribution in [0, 0.1) is 0 Å². The van der Waals surface area contributed by atoms with Crippen molar-refractivity contribution in [3.05, 3.63) is 29.3 Å². The SMILES string of the molecule is NC(=O)c1ccc2c(c1)COO2. The summed E-state index contributed by atoms with van der Waals surface area (Å²) in [5.41, 5.74) is 6.42. The summed E-state index contributed by atoms with van der Waals surface area (Å²) in [6.45, 7) is 0.371. The zero-order valence-electron chi connectivity index (χ0n) is 6.24. The van der Waals surface area contributed by atoms with E-state index in [-0.39, 0.29) is 0 Å². The number of primary amides is 1. The molecule has 1 amide bonds. The molecule has 0 saturated heterocycles. The minimum Gasteiger partial charge on any atom is -0.366 e. The molecule has 1 aromatic carbocycles. The van der Waals surface area contributed by atoms with Gasteiger partial charge in [0.1, 0.15) is 6.61 Å². The largest absolute Gasteiger partial charge is 0.366 e. The lowest BCUT2D eigenvalue weighted by Gasteiger charge is -1.96. The first-order valence-corrected chi connectivity index (χ1v) is 3.49. The van der Waals surface area contributed by atoms with Crippen molar-refractivity contribution in [3.8, 4) is 5.75 Å². The number of nitrogens with two attached hydrogens (primary N) is 1. The lowest BCUT2D eigenvalue weighted by molar-refractivity contribution is -0.194. The highest BCUT2D eigenvalue weighted by Gasteiger charge is 2.14. The molecule has 0 bridgehead atoms. The quantitative estimate of drug-likeness (QED) is 0.620. The number of rotatable bonds is 1. The van der Waals surface area contributed by atoms with Crippen LogP contribution in [0.4, 0.5) is 0 Å². The zero-order chi connectivity index (χ0) is 8.55. The maximum absolute atomic E-state index is 10.7. The van der Waals surface area contributed by atoms with Crippen LogP contribution in [-0.4, -0.2) is 5.91 Å². The maximum Gasteiger partial charge on any atom is 0.248 e. The number of carbonyl (C=O) groups is 1. The fourth-order valence-corrected chi connectivity index (χ4v) is 1.08. The number of hydrogen-bond acceptors (Lipinski definition) is 3. The van der Waals surface area contributed by atoms with Gasteiger partial charge in [0.15, 0.2) is 5.75 Å². The summed E-state index contributed by atoms with van der Waals surface area (Å²) < 4.78 is 0. The minimum atomic E-state index is -0.440. The van der Waals surface area contributed by atoms with Crippen LogP contribution in [0.5, 0.6) is 5.75 Å². The number of fused-ring (bicyclic) bond motifs is 1. The molecule has 0 aromatic heterocycles. The van der Waals surface area contributed by atoms with Gasteiger partial charge in [0.05, 0.1) is 0 Å². The summed E-state index contributed by atoms with van der Waals surface area (Å²) in [7, 11) is 0. The normalized spacial score (nSPS) is 13.7. The van der Waals surface area contributed by atoms with E-state index >= 15 is 0 Å². The van der Waals surface area contributed by atoms with Crippen molar-refractivity contribution in [2.24, 2.45) is 5.73 Å². The molecule has 2 rings (SSSR count). The highest BCUT2D eigenvalue weighted by Crippen LogP contribution is 2.26. The molecule has 0 unspecified atom stereocenters. The molecule has 0 radical (unpaired) electrons. The van der Waals surface area contributed by atoms with Crippen LogP contribution in [0.15, 0.2) is 18.2 Å². The van der Waals surface area contributed by atoms with Gasteiger partial charge in [-0.15, -0.1) is 0 Å². The third kappa shape index (κ3) is 1.02. The Kier molecular flexibility index (Phi) is 1.48. The van der Waals surface area contributed by atoms with E-state index in [0.29, 0.717) is 17.9 Å². The molecule has 1 aliphatic rings. The Morgan fingerprint density at radius 2 is 2.33 bits per heavy atom. The van der Waals surface area contributed by atoms with Crippen LogP contribution >= 0.6 is 0 Å². The molecule has 0 saturated carbocycles. The van der Waals surface area contributed by atoms with Gasteiger partial charge >= 0.3 is 0 Å². The molecular weight excluding hydrogens is 158 g/mol. The molecule has 4 nitrogen and oxygen atoms in total. The Labute approximate surface area is 68.8 Å². The predicted octanol–water partition coefficient (Wildman–Crippen LogP) is 0.609. The molecule has 1 aliphatic heterocycles. The Morgan fingerprint density at radius 3 is 3.08 bits per heavy atom. The molecule has 0 aliphatic carbocycles. The van der Waals surface area contributed by atoms with E-state index < -0.39 is 5.91 Å². The molecule has 2 N–H and O–H groups in total. The van der Waals surface area contributed by atoms with Crippen LogP contribution < -0.4 is 10.6 Å². The van der Waals surface area contributed by atoms with Crippen molar-refractivity contribution in [2.45, 2.75) is 6.61 Å². The van der Waals surface area contributed by atoms with Crippen LogP contribution in [0.1, 0.15) is 15.9 Å². The monoisotopic (exact) mass is 165 g/mol. The van der Waals surface area contributed by atoms with Crippen molar-refractivity contribution >= 4 is 5.91 Å². The first-order chi connectivity index (χ1) is 5.77. The molecule has 0 atom stereocenters. The predicted molar refractivity (Wildman–Crippen MR) is 40.4 cm³/mol. The Morgan fingerprint density at radius 1 is 1.50 bits per heavy atom. The van der Waals surface area contributed by atoms with Crippen molar-refractivity contribution in [1.29, 1.82) is 0 Å². The fourth-order valence-electron chi connectivity index (χ4n) is 1.08. The van der Waals surface area contributed by atoms with E-state index in [1.54, 1.807) is 18.2 Å². The van der Waals surface area contributed by atoms with E-state index in [1.165, 1.54) is 0 Å². The summed E-state index contributed by atoms with van der Waals surface area (Å²) in [6, 6.07) is 4.95. The van der Waals surface area contributed by atoms with Crippen molar-refractivity contribution in [2.75, 3.05) is 0 Å². The standard InChI is InChI=1S/C8H7NO3/c9-8(10)5-1-2-7-6(3-5)4-11-12-7/h1-3H,4H2,(H2,9,10). The van der Waals surface area contributed by atoms with Gasteiger partial charge in [0, 0.05) is 11.1 Å². The van der Waals surface area contributed by atoms with Gasteiger partial charge in [-0.25, -0.2) is 0 Å². The van der Waals surface area contributed by atoms with Gasteiger partial charge < -0.3 is 10.6 Å². The fraction of sp³-hybridized carbons (Fsp3) is 0.125. The van der Waals surface area contributed by atoms with Crippen LogP contribution in [0.3, 0.4) is 0 Å². The van der Waals surface area contributed by atoms with Gasteiger partial charge in [-0.3, -0.25) is 4.79 Å². The summed E-state index contributed by atoms with van der Waals surface area (Å²) in [4.78, 5) is 20.2. The van der Waals surface area contributed by atoms with Gasteiger partial charge in [-0.1, -0.05) is 0 Å². The van der Waals surface area contributed by atoms with Gasteiger partial charge in [-0.2, -0.15) is 4.89 Å². The second-order valence-corrected chi connectivity index (χ2v) is 2.53. The number of amides is 1. The maximum atomic E-state index is 10.7.